The van der Waals surface area contributed by atoms with Crippen LogP contribution in [0.1, 0.15) is 6.42 Å². The molecule has 10 nitrogen and oxygen atoms in total. The molecule has 2 fully saturated rings. The summed E-state index contributed by atoms with van der Waals surface area (Å²) >= 11 is 0. The summed E-state index contributed by atoms with van der Waals surface area (Å²) in [7, 11) is 1.30. The van der Waals surface area contributed by atoms with Crippen LogP contribution < -0.4 is 0 Å². The fourth-order valence-corrected chi connectivity index (χ4v) is 3.28. The lowest BCUT2D eigenvalue weighted by Crippen LogP contribution is -2.61. The number of rotatable bonds is 5. The van der Waals surface area contributed by atoms with Gasteiger partial charge in [0.15, 0.2) is 6.29 Å². The summed E-state index contributed by atoms with van der Waals surface area (Å²) in [6, 6.07) is 0. The molecule has 24 heavy (non-hydrogen) atoms. The quantitative estimate of drug-likeness (QED) is 0.258. The van der Waals surface area contributed by atoms with E-state index in [1.54, 1.807) is 0 Å². The summed E-state index contributed by atoms with van der Waals surface area (Å²) in [6.07, 6.45) is -11.3. The molecule has 0 radical (unpaired) electrons. The Labute approximate surface area is 138 Å². The van der Waals surface area contributed by atoms with Crippen LogP contribution in [0.25, 0.3) is 0 Å². The Morgan fingerprint density at radius 2 is 1.25 bits per heavy atom. The number of ether oxygens (including phenoxy) is 3. The molecule has 0 saturated carbocycles. The smallest absolute Gasteiger partial charge is 0.184 e. The lowest BCUT2D eigenvalue weighted by molar-refractivity contribution is -0.293. The molecule has 10 heteroatoms. The highest BCUT2D eigenvalue weighted by Gasteiger charge is 2.49. The Bertz CT molecular complexity index is 378. The molecule has 2 aliphatic rings. The minimum Gasteiger partial charge on any atom is -0.394 e. The molecule has 2 aliphatic heterocycles. The van der Waals surface area contributed by atoms with Crippen LogP contribution in [0.2, 0.25) is 0 Å². The average Bonchev–Trinajstić information content (AvgIpc) is 2.58. The van der Waals surface area contributed by atoms with Gasteiger partial charge in [-0.1, -0.05) is 0 Å². The molecule has 0 aromatic carbocycles. The Balaban J connectivity index is 2.14. The summed E-state index contributed by atoms with van der Waals surface area (Å²) in [5, 5.41) is 68.7. The van der Waals surface area contributed by atoms with Crippen molar-refractivity contribution >= 4 is 0 Å². The first-order valence-corrected chi connectivity index (χ1v) is 7.81. The van der Waals surface area contributed by atoms with Crippen molar-refractivity contribution in [2.45, 2.75) is 61.5 Å². The maximum absolute atomic E-state index is 10.3. The first-order valence-electron chi connectivity index (χ1n) is 7.81. The van der Waals surface area contributed by atoms with Gasteiger partial charge in [-0.05, 0) is 6.42 Å². The van der Waals surface area contributed by atoms with Crippen molar-refractivity contribution in [3.05, 3.63) is 0 Å². The van der Waals surface area contributed by atoms with Crippen molar-refractivity contribution in [2.24, 2.45) is 5.92 Å². The highest BCUT2D eigenvalue weighted by molar-refractivity contribution is 4.96. The van der Waals surface area contributed by atoms with Gasteiger partial charge in [0.25, 0.3) is 0 Å². The zero-order valence-corrected chi connectivity index (χ0v) is 13.3. The van der Waals surface area contributed by atoms with Crippen LogP contribution in [0.3, 0.4) is 0 Å². The van der Waals surface area contributed by atoms with E-state index >= 15 is 0 Å². The Morgan fingerprint density at radius 3 is 1.79 bits per heavy atom. The van der Waals surface area contributed by atoms with Crippen LogP contribution in [0.4, 0.5) is 0 Å². The van der Waals surface area contributed by atoms with E-state index in [-0.39, 0.29) is 6.42 Å². The molecule has 2 rings (SSSR count). The number of aliphatic hydroxyl groups is 7. The highest BCUT2D eigenvalue weighted by Crippen LogP contribution is 2.33. The van der Waals surface area contributed by atoms with Crippen LogP contribution in [0.5, 0.6) is 0 Å². The lowest BCUT2D eigenvalue weighted by Gasteiger charge is -2.45. The van der Waals surface area contributed by atoms with Crippen LogP contribution in [0.15, 0.2) is 0 Å². The topological polar surface area (TPSA) is 169 Å². The first kappa shape index (κ1) is 19.9. The van der Waals surface area contributed by atoms with Gasteiger partial charge in [-0.25, -0.2) is 0 Å². The molecular formula is C14H26O10. The average molecular weight is 354 g/mol. The molecule has 0 spiro atoms. The fraction of sp³-hybridized carbons (Fsp3) is 1.00. The van der Waals surface area contributed by atoms with Crippen molar-refractivity contribution in [3.63, 3.8) is 0 Å². The summed E-state index contributed by atoms with van der Waals surface area (Å²) < 4.78 is 15.6. The van der Waals surface area contributed by atoms with E-state index in [4.69, 9.17) is 14.2 Å². The van der Waals surface area contributed by atoms with Gasteiger partial charge in [0, 0.05) is 13.0 Å². The van der Waals surface area contributed by atoms with Gasteiger partial charge in [0.05, 0.1) is 25.4 Å². The monoisotopic (exact) mass is 354 g/mol. The molecule has 10 atom stereocenters. The molecule has 0 aliphatic carbocycles. The summed E-state index contributed by atoms with van der Waals surface area (Å²) in [6.45, 7) is -1.07. The van der Waals surface area contributed by atoms with E-state index in [1.807, 2.05) is 0 Å². The van der Waals surface area contributed by atoms with Gasteiger partial charge >= 0.3 is 0 Å². The fourth-order valence-electron chi connectivity index (χ4n) is 3.28. The van der Waals surface area contributed by atoms with E-state index in [9.17, 15) is 35.7 Å². The second kappa shape index (κ2) is 8.32. The lowest BCUT2D eigenvalue weighted by atomic mass is 9.81. The zero-order valence-electron chi connectivity index (χ0n) is 13.3. The van der Waals surface area contributed by atoms with E-state index in [0.717, 1.165) is 0 Å². The third kappa shape index (κ3) is 3.73. The zero-order chi connectivity index (χ0) is 18.0. The van der Waals surface area contributed by atoms with Crippen molar-refractivity contribution < 1.29 is 50.0 Å². The second-order valence-corrected chi connectivity index (χ2v) is 6.21. The van der Waals surface area contributed by atoms with Gasteiger partial charge in [-0.15, -0.1) is 0 Å². The standard InChI is InChI=1S/C14H26O10/c1-22-14-10(18)5(9(17)7(3-15)24-14)2-6-11(19)13(21)12(20)8(4-16)23-6/h5-21H,2-4H2,1H3/t5-,6-,7+,8+,9-,10+,11-,12+,13+,14+/m0/s1. The van der Waals surface area contributed by atoms with Crippen LogP contribution in [-0.2, 0) is 14.2 Å². The summed E-state index contributed by atoms with van der Waals surface area (Å²) in [5.74, 6) is -0.887. The minimum atomic E-state index is -1.54. The third-order valence-electron chi connectivity index (χ3n) is 4.75. The maximum atomic E-state index is 10.3. The molecular weight excluding hydrogens is 328 g/mol. The molecule has 0 bridgehead atoms. The van der Waals surface area contributed by atoms with Crippen LogP contribution >= 0.6 is 0 Å². The second-order valence-electron chi connectivity index (χ2n) is 6.21. The van der Waals surface area contributed by atoms with Gasteiger partial charge in [-0.3, -0.25) is 0 Å². The van der Waals surface area contributed by atoms with Crippen molar-refractivity contribution in [2.75, 3.05) is 20.3 Å². The van der Waals surface area contributed by atoms with Gasteiger partial charge in [0.1, 0.15) is 36.6 Å². The highest BCUT2D eigenvalue weighted by atomic mass is 16.7. The number of aliphatic hydroxyl groups excluding tert-OH is 7. The number of hydrogen-bond donors (Lipinski definition) is 7. The molecule has 142 valence electrons. The van der Waals surface area contributed by atoms with Crippen molar-refractivity contribution in [1.82, 2.24) is 0 Å². The molecule has 2 saturated heterocycles. The molecule has 0 aromatic heterocycles. The van der Waals surface area contributed by atoms with Gasteiger partial charge in [-0.2, -0.15) is 0 Å². The van der Waals surface area contributed by atoms with Gasteiger partial charge in [0.2, 0.25) is 0 Å². The van der Waals surface area contributed by atoms with E-state index in [0.29, 0.717) is 0 Å². The summed E-state index contributed by atoms with van der Waals surface area (Å²) in [4.78, 5) is 0. The van der Waals surface area contributed by atoms with E-state index in [1.165, 1.54) is 7.11 Å². The molecule has 7 N–H and O–H groups in total. The maximum Gasteiger partial charge on any atom is 0.184 e. The molecule has 2 heterocycles. The van der Waals surface area contributed by atoms with Crippen LogP contribution in [0, 0.1) is 5.92 Å². The number of methoxy groups -OCH3 is 1. The Morgan fingerprint density at radius 1 is 0.708 bits per heavy atom. The largest absolute Gasteiger partial charge is 0.394 e. The minimum absolute atomic E-state index is 0.108. The van der Waals surface area contributed by atoms with E-state index in [2.05, 4.69) is 0 Å². The first-order chi connectivity index (χ1) is 11.3. The third-order valence-corrected chi connectivity index (χ3v) is 4.75. The molecule has 0 unspecified atom stereocenters. The SMILES string of the molecule is CO[C@@H]1O[C@H](CO)[C@@H](O)[C@H](C[C@@H]2O[C@H](CO)[C@@H](O)[C@H](O)[C@H]2O)[C@H]1O. The predicted octanol–water partition coefficient (Wildman–Crippen LogP) is -4.08. The normalized spacial score (nSPS) is 50.0. The number of hydrogen-bond acceptors (Lipinski definition) is 10. The predicted molar refractivity (Wildman–Crippen MR) is 76.6 cm³/mol. The van der Waals surface area contributed by atoms with Crippen molar-refractivity contribution in [1.29, 1.82) is 0 Å². The van der Waals surface area contributed by atoms with Crippen molar-refractivity contribution in [3.8, 4) is 0 Å². The molecule has 0 aromatic rings. The summed E-state index contributed by atoms with van der Waals surface area (Å²) in [5.41, 5.74) is 0. The van der Waals surface area contributed by atoms with E-state index < -0.39 is 74.3 Å². The Kier molecular flexibility index (Phi) is 6.90. The molecule has 0 amide bonds. The Hall–Kier alpha value is -0.400. The van der Waals surface area contributed by atoms with Gasteiger partial charge < -0.3 is 50.0 Å². The van der Waals surface area contributed by atoms with Crippen LogP contribution in [-0.4, -0.2) is 111 Å².